The van der Waals surface area contributed by atoms with Crippen molar-refractivity contribution in [1.82, 2.24) is 24.5 Å². The van der Waals surface area contributed by atoms with E-state index >= 15 is 0 Å². The molecule has 2 aromatic heterocycles. The van der Waals surface area contributed by atoms with Crippen molar-refractivity contribution in [2.45, 2.75) is 25.4 Å². The Bertz CT molecular complexity index is 1140. The molecule has 0 spiro atoms. The van der Waals surface area contributed by atoms with Gasteiger partial charge in [0.25, 0.3) is 0 Å². The van der Waals surface area contributed by atoms with Gasteiger partial charge in [-0.1, -0.05) is 54.2 Å². The minimum absolute atomic E-state index is 0.107. The summed E-state index contributed by atoms with van der Waals surface area (Å²) >= 11 is 1.42. The van der Waals surface area contributed by atoms with Gasteiger partial charge in [0, 0.05) is 24.9 Å². The zero-order valence-corrected chi connectivity index (χ0v) is 17.4. The van der Waals surface area contributed by atoms with E-state index in [2.05, 4.69) is 22.3 Å². The van der Waals surface area contributed by atoms with E-state index in [0.717, 1.165) is 22.4 Å². The Balaban J connectivity index is 1.75. The molecule has 2 heterocycles. The van der Waals surface area contributed by atoms with E-state index in [9.17, 15) is 4.79 Å². The van der Waals surface area contributed by atoms with Gasteiger partial charge in [-0.05, 0) is 31.5 Å². The first kappa shape index (κ1) is 19.4. The van der Waals surface area contributed by atoms with Crippen LogP contribution in [0.15, 0.2) is 59.8 Å². The molecule has 0 aliphatic carbocycles. The van der Waals surface area contributed by atoms with Crippen LogP contribution < -0.4 is 0 Å². The molecule has 0 unspecified atom stereocenters. The van der Waals surface area contributed by atoms with Gasteiger partial charge in [0.2, 0.25) is 5.91 Å². The van der Waals surface area contributed by atoms with Crippen LogP contribution in [-0.2, 0) is 11.2 Å². The van der Waals surface area contributed by atoms with Crippen LogP contribution in [0, 0.1) is 0 Å². The average Bonchev–Trinajstić information content (AvgIpc) is 3.19. The highest BCUT2D eigenvalue weighted by Crippen LogP contribution is 2.25. The summed E-state index contributed by atoms with van der Waals surface area (Å²) in [4.78, 5) is 19.2. The van der Waals surface area contributed by atoms with Gasteiger partial charge in [-0.25, -0.2) is 4.98 Å². The van der Waals surface area contributed by atoms with Crippen LogP contribution in [0.2, 0.25) is 0 Å². The number of nitrogens with zero attached hydrogens (tertiary/aromatic N) is 5. The van der Waals surface area contributed by atoms with Gasteiger partial charge in [-0.15, -0.1) is 10.2 Å². The second-order valence-electron chi connectivity index (χ2n) is 6.70. The smallest absolute Gasteiger partial charge is 0.233 e. The average molecular weight is 406 g/mol. The number of rotatable bonds is 7. The fourth-order valence-corrected chi connectivity index (χ4v) is 4.27. The predicted molar refractivity (Wildman–Crippen MR) is 116 cm³/mol. The number of thioether (sulfide) groups is 1. The fourth-order valence-electron chi connectivity index (χ4n) is 3.41. The van der Waals surface area contributed by atoms with Crippen molar-refractivity contribution in [3.8, 4) is 0 Å². The van der Waals surface area contributed by atoms with E-state index < -0.39 is 0 Å². The van der Waals surface area contributed by atoms with Gasteiger partial charge in [-0.3, -0.25) is 9.20 Å². The van der Waals surface area contributed by atoms with Gasteiger partial charge in [-0.2, -0.15) is 0 Å². The summed E-state index contributed by atoms with van der Waals surface area (Å²) in [5.41, 5.74) is 2.84. The SMILES string of the molecule is CCN(CC)C(=O)CSc1nnc2c3ccccc3nc(Cc3ccccc3)n12. The molecular formula is C22H23N5OS. The second-order valence-corrected chi connectivity index (χ2v) is 7.65. The van der Waals surface area contributed by atoms with Gasteiger partial charge in [0.05, 0.1) is 11.3 Å². The molecule has 0 fully saturated rings. The first-order valence-corrected chi connectivity index (χ1v) is 10.8. The van der Waals surface area contributed by atoms with Crippen molar-refractivity contribution >= 4 is 34.2 Å². The summed E-state index contributed by atoms with van der Waals surface area (Å²) in [6.07, 6.45) is 0.664. The molecule has 4 aromatic rings. The van der Waals surface area contributed by atoms with Crippen molar-refractivity contribution < 1.29 is 4.79 Å². The first-order valence-electron chi connectivity index (χ1n) is 9.78. The molecular weight excluding hydrogens is 382 g/mol. The molecule has 0 N–H and O–H groups in total. The summed E-state index contributed by atoms with van der Waals surface area (Å²) in [5.74, 6) is 1.31. The minimum atomic E-state index is 0.107. The molecule has 6 nitrogen and oxygen atoms in total. The minimum Gasteiger partial charge on any atom is -0.343 e. The van der Waals surface area contributed by atoms with Crippen molar-refractivity contribution in [1.29, 1.82) is 0 Å². The van der Waals surface area contributed by atoms with E-state index in [1.54, 1.807) is 0 Å². The van der Waals surface area contributed by atoms with E-state index in [1.165, 1.54) is 17.3 Å². The summed E-state index contributed by atoms with van der Waals surface area (Å²) in [7, 11) is 0. The Hall–Kier alpha value is -2.93. The number of carbonyl (C=O) groups excluding carboxylic acids is 1. The third-order valence-corrected chi connectivity index (χ3v) is 5.85. The Morgan fingerprint density at radius 2 is 1.72 bits per heavy atom. The Labute approximate surface area is 174 Å². The first-order chi connectivity index (χ1) is 14.2. The van der Waals surface area contributed by atoms with E-state index in [-0.39, 0.29) is 5.91 Å². The van der Waals surface area contributed by atoms with Crippen LogP contribution in [0.25, 0.3) is 16.6 Å². The number of aromatic nitrogens is 4. The number of benzene rings is 2. The number of hydrogen-bond acceptors (Lipinski definition) is 5. The van der Waals surface area contributed by atoms with Crippen molar-refractivity contribution in [3.63, 3.8) is 0 Å². The van der Waals surface area contributed by atoms with Crippen LogP contribution in [0.4, 0.5) is 0 Å². The second kappa shape index (κ2) is 8.61. The molecule has 0 aliphatic rings. The standard InChI is InChI=1S/C22H23N5OS/c1-3-26(4-2)20(28)15-29-22-25-24-21-17-12-8-9-13-18(17)23-19(27(21)22)14-16-10-6-5-7-11-16/h5-13H,3-4,14-15H2,1-2H3. The molecule has 7 heteroatoms. The Morgan fingerprint density at radius 3 is 2.48 bits per heavy atom. The third kappa shape index (κ3) is 3.96. The van der Waals surface area contributed by atoms with Crippen molar-refractivity contribution in [2.75, 3.05) is 18.8 Å². The molecule has 1 amide bonds. The number of carbonyl (C=O) groups is 1. The topological polar surface area (TPSA) is 63.4 Å². The van der Waals surface area contributed by atoms with Crippen LogP contribution in [0.3, 0.4) is 0 Å². The molecule has 0 aliphatic heterocycles. The highest BCUT2D eigenvalue weighted by atomic mass is 32.2. The van der Waals surface area contributed by atoms with Crippen LogP contribution in [-0.4, -0.2) is 49.2 Å². The highest BCUT2D eigenvalue weighted by Gasteiger charge is 2.18. The Morgan fingerprint density at radius 1 is 1.00 bits per heavy atom. The maximum absolute atomic E-state index is 12.5. The van der Waals surface area contributed by atoms with Gasteiger partial charge >= 0.3 is 0 Å². The van der Waals surface area contributed by atoms with Crippen LogP contribution in [0.5, 0.6) is 0 Å². The maximum atomic E-state index is 12.5. The van der Waals surface area contributed by atoms with Gasteiger partial charge < -0.3 is 4.90 Å². The van der Waals surface area contributed by atoms with E-state index in [4.69, 9.17) is 4.98 Å². The van der Waals surface area contributed by atoms with Crippen molar-refractivity contribution in [3.05, 3.63) is 66.0 Å². The predicted octanol–water partition coefficient (Wildman–Crippen LogP) is 3.83. The van der Waals surface area contributed by atoms with E-state index in [1.807, 2.05) is 65.6 Å². The lowest BCUT2D eigenvalue weighted by Crippen LogP contribution is -2.31. The molecule has 0 saturated heterocycles. The number of hydrogen-bond donors (Lipinski definition) is 0. The number of amides is 1. The molecule has 0 radical (unpaired) electrons. The molecule has 2 aromatic carbocycles. The summed E-state index contributed by atoms with van der Waals surface area (Å²) in [6, 6.07) is 18.2. The zero-order chi connectivity index (χ0) is 20.2. The largest absolute Gasteiger partial charge is 0.343 e. The zero-order valence-electron chi connectivity index (χ0n) is 16.6. The molecule has 29 heavy (non-hydrogen) atoms. The molecule has 148 valence electrons. The Kier molecular flexibility index (Phi) is 5.76. The van der Waals surface area contributed by atoms with Crippen molar-refractivity contribution in [2.24, 2.45) is 0 Å². The van der Waals surface area contributed by atoms with Crippen LogP contribution >= 0.6 is 11.8 Å². The summed E-state index contributed by atoms with van der Waals surface area (Å²) < 4.78 is 2.00. The number of fused-ring (bicyclic) bond motifs is 3. The van der Waals surface area contributed by atoms with Gasteiger partial charge in [0.1, 0.15) is 5.82 Å². The lowest BCUT2D eigenvalue weighted by atomic mass is 10.1. The summed E-state index contributed by atoms with van der Waals surface area (Å²) in [5, 5.41) is 10.5. The summed E-state index contributed by atoms with van der Waals surface area (Å²) in [6.45, 7) is 5.41. The fraction of sp³-hybridized carbons (Fsp3) is 0.273. The highest BCUT2D eigenvalue weighted by molar-refractivity contribution is 7.99. The quantitative estimate of drug-likeness (QED) is 0.437. The molecule has 0 bridgehead atoms. The molecule has 4 rings (SSSR count). The lowest BCUT2D eigenvalue weighted by molar-refractivity contribution is -0.127. The third-order valence-electron chi connectivity index (χ3n) is 4.93. The normalized spacial score (nSPS) is 11.2. The molecule has 0 atom stereocenters. The number of para-hydroxylation sites is 1. The van der Waals surface area contributed by atoms with E-state index in [0.29, 0.717) is 30.4 Å². The molecule has 0 saturated carbocycles. The lowest BCUT2D eigenvalue weighted by Gasteiger charge is -2.18. The van der Waals surface area contributed by atoms with Crippen LogP contribution in [0.1, 0.15) is 25.2 Å². The monoisotopic (exact) mass is 405 g/mol. The maximum Gasteiger partial charge on any atom is 0.233 e. The van der Waals surface area contributed by atoms with Gasteiger partial charge in [0.15, 0.2) is 10.8 Å².